The van der Waals surface area contributed by atoms with Crippen molar-refractivity contribution in [1.29, 1.82) is 0 Å². The van der Waals surface area contributed by atoms with Crippen LogP contribution in [0.15, 0.2) is 24.3 Å². The Labute approximate surface area is 123 Å². The maximum atomic E-state index is 5.45. The van der Waals surface area contributed by atoms with Crippen LogP contribution < -0.4 is 15.0 Å². The normalized spacial score (nSPS) is 17.8. The van der Waals surface area contributed by atoms with Gasteiger partial charge >= 0.3 is 0 Å². The fourth-order valence-electron chi connectivity index (χ4n) is 3.30. The third-order valence-corrected chi connectivity index (χ3v) is 4.76. The Morgan fingerprint density at radius 2 is 1.90 bits per heavy atom. The van der Waals surface area contributed by atoms with Gasteiger partial charge in [-0.2, -0.15) is 0 Å². The summed E-state index contributed by atoms with van der Waals surface area (Å²) >= 11 is 0. The molecule has 0 saturated heterocycles. The molecule has 1 aromatic rings. The van der Waals surface area contributed by atoms with Crippen molar-refractivity contribution >= 4 is 5.69 Å². The average molecular weight is 276 g/mol. The van der Waals surface area contributed by atoms with Crippen LogP contribution in [0.3, 0.4) is 0 Å². The molecule has 112 valence electrons. The molecular weight excluding hydrogens is 248 g/mol. The minimum atomic E-state index is 0.342. The molecule has 0 heterocycles. The average Bonchev–Trinajstić information content (AvgIpc) is 2.53. The van der Waals surface area contributed by atoms with Crippen molar-refractivity contribution in [1.82, 2.24) is 5.32 Å². The summed E-state index contributed by atoms with van der Waals surface area (Å²) < 4.78 is 5.45. The number of nitrogens with zero attached hydrogens (tertiary/aromatic N) is 1. The summed E-state index contributed by atoms with van der Waals surface area (Å²) in [6.07, 6.45) is 7.93. The van der Waals surface area contributed by atoms with E-state index in [0.29, 0.717) is 5.54 Å². The monoisotopic (exact) mass is 276 g/mol. The lowest BCUT2D eigenvalue weighted by Gasteiger charge is -2.38. The summed E-state index contributed by atoms with van der Waals surface area (Å²) in [5, 5.41) is 3.59. The second-order valence-corrected chi connectivity index (χ2v) is 5.93. The fourth-order valence-corrected chi connectivity index (χ4v) is 3.30. The highest BCUT2D eigenvalue weighted by atomic mass is 16.5. The Hall–Kier alpha value is -1.22. The molecule has 0 radical (unpaired) electrons. The van der Waals surface area contributed by atoms with Crippen molar-refractivity contribution in [2.24, 2.45) is 0 Å². The highest BCUT2D eigenvalue weighted by molar-refractivity contribution is 5.57. The lowest BCUT2D eigenvalue weighted by Crippen LogP contribution is -2.46. The van der Waals surface area contributed by atoms with E-state index in [2.05, 4.69) is 36.4 Å². The van der Waals surface area contributed by atoms with Crippen molar-refractivity contribution in [2.45, 2.75) is 44.1 Å². The first-order valence-electron chi connectivity index (χ1n) is 7.74. The molecule has 3 nitrogen and oxygen atoms in total. The van der Waals surface area contributed by atoms with E-state index in [0.717, 1.165) is 12.3 Å². The Morgan fingerprint density at radius 1 is 1.20 bits per heavy atom. The summed E-state index contributed by atoms with van der Waals surface area (Å²) in [4.78, 5) is 2.31. The van der Waals surface area contributed by atoms with E-state index in [9.17, 15) is 0 Å². The van der Waals surface area contributed by atoms with E-state index in [-0.39, 0.29) is 0 Å². The van der Waals surface area contributed by atoms with E-state index in [4.69, 9.17) is 4.74 Å². The van der Waals surface area contributed by atoms with Crippen molar-refractivity contribution in [3.63, 3.8) is 0 Å². The quantitative estimate of drug-likeness (QED) is 0.861. The lowest BCUT2D eigenvalue weighted by molar-refractivity contribution is 0.232. The zero-order valence-electron chi connectivity index (χ0n) is 13.1. The van der Waals surface area contributed by atoms with Gasteiger partial charge in [0.1, 0.15) is 5.75 Å². The van der Waals surface area contributed by atoms with Gasteiger partial charge < -0.3 is 15.0 Å². The van der Waals surface area contributed by atoms with Gasteiger partial charge in [-0.3, -0.25) is 0 Å². The first kappa shape index (κ1) is 15.2. The molecule has 1 saturated carbocycles. The molecule has 1 fully saturated rings. The van der Waals surface area contributed by atoms with Crippen LogP contribution in [0.1, 0.15) is 38.5 Å². The van der Waals surface area contributed by atoms with Gasteiger partial charge in [-0.05, 0) is 38.4 Å². The maximum absolute atomic E-state index is 5.45. The number of rotatable bonds is 6. The van der Waals surface area contributed by atoms with Crippen LogP contribution in [-0.2, 0) is 0 Å². The number of benzene rings is 1. The van der Waals surface area contributed by atoms with Gasteiger partial charge in [-0.1, -0.05) is 31.4 Å². The molecule has 2 rings (SSSR count). The van der Waals surface area contributed by atoms with Crippen molar-refractivity contribution in [3.05, 3.63) is 24.3 Å². The van der Waals surface area contributed by atoms with Crippen LogP contribution in [0.5, 0.6) is 5.75 Å². The van der Waals surface area contributed by atoms with Gasteiger partial charge in [-0.25, -0.2) is 0 Å². The number of hydrogen-bond acceptors (Lipinski definition) is 3. The molecule has 1 aliphatic carbocycles. The third-order valence-electron chi connectivity index (χ3n) is 4.76. The minimum Gasteiger partial charge on any atom is -0.495 e. The zero-order valence-corrected chi connectivity index (χ0v) is 13.1. The molecule has 0 atom stereocenters. The molecule has 0 aromatic heterocycles. The topological polar surface area (TPSA) is 24.5 Å². The van der Waals surface area contributed by atoms with Gasteiger partial charge in [0.15, 0.2) is 0 Å². The molecule has 3 heteroatoms. The molecular formula is C17H28N2O. The Morgan fingerprint density at radius 3 is 2.55 bits per heavy atom. The van der Waals surface area contributed by atoms with E-state index in [1.807, 2.05) is 12.1 Å². The molecule has 0 aliphatic heterocycles. The fraction of sp³-hybridized carbons (Fsp3) is 0.647. The van der Waals surface area contributed by atoms with Gasteiger partial charge in [0.25, 0.3) is 0 Å². The summed E-state index contributed by atoms with van der Waals surface area (Å²) in [6.45, 7) is 1.06. The number of nitrogens with one attached hydrogen (secondary N) is 1. The number of para-hydroxylation sites is 2. The molecule has 0 bridgehead atoms. The first-order chi connectivity index (χ1) is 9.71. The van der Waals surface area contributed by atoms with Gasteiger partial charge in [-0.15, -0.1) is 0 Å². The van der Waals surface area contributed by atoms with Crippen LogP contribution in [-0.4, -0.2) is 33.3 Å². The highest BCUT2D eigenvalue weighted by Gasteiger charge is 2.30. The minimum absolute atomic E-state index is 0.342. The maximum Gasteiger partial charge on any atom is 0.142 e. The largest absolute Gasteiger partial charge is 0.495 e. The summed E-state index contributed by atoms with van der Waals surface area (Å²) in [5.41, 5.74) is 1.52. The predicted molar refractivity (Wildman–Crippen MR) is 85.8 cm³/mol. The Bertz CT molecular complexity index is 413. The standard InChI is InChI=1S/C17H28N2O/c1-18-17(11-7-4-8-12-17)13-14-19(2)15-9-5-6-10-16(15)20-3/h5-6,9-10,18H,4,7-8,11-14H2,1-3H3. The Balaban J connectivity index is 1.98. The number of ether oxygens (including phenoxy) is 1. The predicted octanol–water partition coefficient (Wildman–Crippen LogP) is 3.44. The van der Waals surface area contributed by atoms with Crippen LogP contribution >= 0.6 is 0 Å². The molecule has 0 amide bonds. The van der Waals surface area contributed by atoms with Crippen LogP contribution in [0, 0.1) is 0 Å². The second kappa shape index (κ2) is 6.98. The molecule has 0 unspecified atom stereocenters. The highest BCUT2D eigenvalue weighted by Crippen LogP contribution is 2.32. The molecule has 0 spiro atoms. The van der Waals surface area contributed by atoms with Crippen LogP contribution in [0.25, 0.3) is 0 Å². The van der Waals surface area contributed by atoms with E-state index >= 15 is 0 Å². The van der Waals surface area contributed by atoms with Gasteiger partial charge in [0.05, 0.1) is 12.8 Å². The smallest absolute Gasteiger partial charge is 0.142 e. The molecule has 20 heavy (non-hydrogen) atoms. The third kappa shape index (κ3) is 3.45. The van der Waals surface area contributed by atoms with Crippen molar-refractivity contribution in [3.8, 4) is 5.75 Å². The number of hydrogen-bond donors (Lipinski definition) is 1. The van der Waals surface area contributed by atoms with Crippen LogP contribution in [0.2, 0.25) is 0 Å². The van der Waals surface area contributed by atoms with E-state index in [1.165, 1.54) is 44.2 Å². The van der Waals surface area contributed by atoms with E-state index in [1.54, 1.807) is 7.11 Å². The van der Waals surface area contributed by atoms with Gasteiger partial charge in [0.2, 0.25) is 0 Å². The van der Waals surface area contributed by atoms with Crippen LogP contribution in [0.4, 0.5) is 5.69 Å². The van der Waals surface area contributed by atoms with E-state index < -0.39 is 0 Å². The van der Waals surface area contributed by atoms with Gasteiger partial charge in [0, 0.05) is 19.1 Å². The number of anilines is 1. The SMILES string of the molecule is CNC1(CCN(C)c2ccccc2OC)CCCCC1. The summed E-state index contributed by atoms with van der Waals surface area (Å²) in [6, 6.07) is 8.25. The number of methoxy groups -OCH3 is 1. The molecule has 1 aliphatic rings. The summed E-state index contributed by atoms with van der Waals surface area (Å²) in [5.74, 6) is 0.956. The lowest BCUT2D eigenvalue weighted by atomic mass is 9.79. The second-order valence-electron chi connectivity index (χ2n) is 5.93. The molecule has 1 N–H and O–H groups in total. The van der Waals surface area contributed by atoms with Crippen molar-refractivity contribution in [2.75, 3.05) is 32.6 Å². The molecule has 1 aromatic carbocycles. The Kier molecular flexibility index (Phi) is 5.30. The summed E-state index contributed by atoms with van der Waals surface area (Å²) in [7, 11) is 6.02. The zero-order chi connectivity index (χ0) is 14.4. The van der Waals surface area contributed by atoms with Crippen molar-refractivity contribution < 1.29 is 4.74 Å². The first-order valence-corrected chi connectivity index (χ1v) is 7.74.